The van der Waals surface area contributed by atoms with Gasteiger partial charge < -0.3 is 5.32 Å². The molecule has 8 heteroatoms. The molecule has 1 heterocycles. The number of nitrogens with one attached hydrogen (secondary N) is 1. The summed E-state index contributed by atoms with van der Waals surface area (Å²) < 4.78 is 25.5. The van der Waals surface area contributed by atoms with Gasteiger partial charge in [-0.2, -0.15) is 0 Å². The Kier molecular flexibility index (Phi) is 6.02. The Morgan fingerprint density at radius 1 is 1.24 bits per heavy atom. The van der Waals surface area contributed by atoms with Crippen LogP contribution < -0.4 is 9.62 Å². The summed E-state index contributed by atoms with van der Waals surface area (Å²) >= 11 is 6.25. The zero-order valence-electron chi connectivity index (χ0n) is 14.3. The molecule has 6 nitrogen and oxygen atoms in total. The fourth-order valence-corrected chi connectivity index (χ4v) is 3.87. The summed E-state index contributed by atoms with van der Waals surface area (Å²) in [4.78, 5) is 16.2. The van der Waals surface area contributed by atoms with Gasteiger partial charge in [-0.15, -0.1) is 0 Å². The molecule has 0 aliphatic carbocycles. The molecular weight excluding hydrogens is 362 g/mol. The van der Waals surface area contributed by atoms with Gasteiger partial charge in [0, 0.05) is 18.9 Å². The van der Waals surface area contributed by atoms with Crippen molar-refractivity contribution < 1.29 is 13.2 Å². The number of aryl methyl sites for hydroxylation is 2. The van der Waals surface area contributed by atoms with Gasteiger partial charge in [0.1, 0.15) is 6.54 Å². The molecular formula is C17H20ClN3O3S. The monoisotopic (exact) mass is 381 g/mol. The van der Waals surface area contributed by atoms with Crippen LogP contribution in [0, 0.1) is 13.8 Å². The van der Waals surface area contributed by atoms with E-state index in [0.717, 1.165) is 21.7 Å². The minimum absolute atomic E-state index is 0.291. The molecule has 0 aliphatic rings. The second-order valence-electron chi connectivity index (χ2n) is 5.81. The normalized spacial score (nSPS) is 11.2. The fourth-order valence-electron chi connectivity index (χ4n) is 2.47. The van der Waals surface area contributed by atoms with Gasteiger partial charge in [-0.05, 0) is 48.7 Å². The highest BCUT2D eigenvalue weighted by Gasteiger charge is 2.24. The lowest BCUT2D eigenvalue weighted by Gasteiger charge is -2.25. The van der Waals surface area contributed by atoms with Crippen molar-refractivity contribution in [3.05, 3.63) is 58.4 Å². The largest absolute Gasteiger partial charge is 0.350 e. The van der Waals surface area contributed by atoms with Crippen molar-refractivity contribution >= 4 is 33.2 Å². The van der Waals surface area contributed by atoms with Gasteiger partial charge in [0.05, 0.1) is 17.0 Å². The number of carbonyl (C=O) groups is 1. The minimum Gasteiger partial charge on any atom is -0.350 e. The maximum absolute atomic E-state index is 12.3. The number of benzene rings is 1. The summed E-state index contributed by atoms with van der Waals surface area (Å²) in [5.41, 5.74) is 2.81. The number of anilines is 1. The van der Waals surface area contributed by atoms with Crippen LogP contribution in [0.25, 0.3) is 0 Å². The molecule has 0 radical (unpaired) electrons. The number of halogens is 1. The van der Waals surface area contributed by atoms with E-state index >= 15 is 0 Å². The lowest BCUT2D eigenvalue weighted by molar-refractivity contribution is -0.119. The number of hydrogen-bond donors (Lipinski definition) is 1. The average Bonchev–Trinajstić information content (AvgIpc) is 2.51. The third kappa shape index (κ3) is 5.17. The number of aromatic nitrogens is 1. The van der Waals surface area contributed by atoms with E-state index in [2.05, 4.69) is 10.3 Å². The average molecular weight is 382 g/mol. The van der Waals surface area contributed by atoms with Gasteiger partial charge in [0.2, 0.25) is 15.9 Å². The van der Waals surface area contributed by atoms with Crippen molar-refractivity contribution in [3.8, 4) is 0 Å². The van der Waals surface area contributed by atoms with E-state index in [0.29, 0.717) is 22.8 Å². The molecule has 1 amide bonds. The van der Waals surface area contributed by atoms with Crippen LogP contribution >= 0.6 is 11.6 Å². The van der Waals surface area contributed by atoms with E-state index in [4.69, 9.17) is 11.6 Å². The topological polar surface area (TPSA) is 79.4 Å². The summed E-state index contributed by atoms with van der Waals surface area (Å²) in [6, 6.07) is 7.05. The molecule has 0 spiro atoms. The van der Waals surface area contributed by atoms with E-state index in [1.807, 2.05) is 13.0 Å². The molecule has 0 atom stereocenters. The number of pyridine rings is 1. The molecule has 1 aromatic carbocycles. The highest BCUT2D eigenvalue weighted by atomic mass is 35.5. The first-order valence-electron chi connectivity index (χ1n) is 7.58. The molecule has 0 aliphatic heterocycles. The van der Waals surface area contributed by atoms with Crippen molar-refractivity contribution in [2.45, 2.75) is 20.4 Å². The van der Waals surface area contributed by atoms with E-state index < -0.39 is 15.9 Å². The van der Waals surface area contributed by atoms with Crippen LogP contribution in [-0.4, -0.2) is 32.1 Å². The molecule has 1 N–H and O–H groups in total. The molecule has 0 unspecified atom stereocenters. The Labute approximate surface area is 152 Å². The van der Waals surface area contributed by atoms with Crippen molar-refractivity contribution in [3.63, 3.8) is 0 Å². The molecule has 1 aromatic heterocycles. The molecule has 25 heavy (non-hydrogen) atoms. The number of hydrogen-bond acceptors (Lipinski definition) is 4. The number of sulfonamides is 1. The lowest BCUT2D eigenvalue weighted by Crippen LogP contribution is -2.40. The Morgan fingerprint density at radius 2 is 1.88 bits per heavy atom. The number of carbonyl (C=O) groups excluding carboxylic acids is 1. The van der Waals surface area contributed by atoms with Gasteiger partial charge in [-0.1, -0.05) is 17.7 Å². The van der Waals surface area contributed by atoms with Gasteiger partial charge in [0.15, 0.2) is 0 Å². The van der Waals surface area contributed by atoms with E-state index in [1.54, 1.807) is 37.5 Å². The molecule has 0 saturated heterocycles. The van der Waals surface area contributed by atoms with Gasteiger partial charge in [-0.3, -0.25) is 14.1 Å². The van der Waals surface area contributed by atoms with Gasteiger partial charge in [0.25, 0.3) is 0 Å². The summed E-state index contributed by atoms with van der Waals surface area (Å²) in [5.74, 6) is -0.418. The Balaban J connectivity index is 2.21. The number of amides is 1. The standard InChI is InChI=1S/C17H20ClN3O3S/c1-12-8-13(2)17(15(18)9-12)21(25(3,23)24)11-16(22)20-10-14-4-6-19-7-5-14/h4-9H,10-11H2,1-3H3,(H,20,22). The van der Waals surface area contributed by atoms with Crippen LogP contribution in [0.3, 0.4) is 0 Å². The molecule has 134 valence electrons. The third-order valence-electron chi connectivity index (χ3n) is 3.57. The highest BCUT2D eigenvalue weighted by molar-refractivity contribution is 7.92. The predicted molar refractivity (Wildman–Crippen MR) is 99.2 cm³/mol. The Hall–Kier alpha value is -2.12. The molecule has 0 bridgehead atoms. The maximum atomic E-state index is 12.3. The highest BCUT2D eigenvalue weighted by Crippen LogP contribution is 2.32. The number of rotatable bonds is 6. The van der Waals surface area contributed by atoms with E-state index in [-0.39, 0.29) is 6.54 Å². The summed E-state index contributed by atoms with van der Waals surface area (Å²) in [6.45, 7) is 3.59. The van der Waals surface area contributed by atoms with Crippen LogP contribution in [0.5, 0.6) is 0 Å². The second-order valence-corrected chi connectivity index (χ2v) is 8.13. The van der Waals surface area contributed by atoms with Crippen LogP contribution in [0.2, 0.25) is 5.02 Å². The Morgan fingerprint density at radius 3 is 2.44 bits per heavy atom. The van der Waals surface area contributed by atoms with E-state index in [9.17, 15) is 13.2 Å². The maximum Gasteiger partial charge on any atom is 0.241 e. The van der Waals surface area contributed by atoms with Crippen molar-refractivity contribution in [1.82, 2.24) is 10.3 Å². The SMILES string of the molecule is Cc1cc(C)c(N(CC(=O)NCc2ccncc2)S(C)(=O)=O)c(Cl)c1. The first kappa shape index (κ1) is 19.2. The zero-order valence-corrected chi connectivity index (χ0v) is 15.9. The summed E-state index contributed by atoms with van der Waals surface area (Å²) in [7, 11) is -3.68. The quantitative estimate of drug-likeness (QED) is 0.833. The van der Waals surface area contributed by atoms with Crippen LogP contribution in [0.4, 0.5) is 5.69 Å². The molecule has 0 fully saturated rings. The Bertz CT molecular complexity index is 847. The lowest BCUT2D eigenvalue weighted by atomic mass is 10.1. The molecule has 2 aromatic rings. The molecule has 2 rings (SSSR count). The third-order valence-corrected chi connectivity index (χ3v) is 4.97. The van der Waals surface area contributed by atoms with Gasteiger partial charge in [-0.25, -0.2) is 8.42 Å². The number of nitrogens with zero attached hydrogens (tertiary/aromatic N) is 2. The minimum atomic E-state index is -3.68. The van der Waals surface area contributed by atoms with Crippen molar-refractivity contribution in [2.75, 3.05) is 17.1 Å². The summed E-state index contributed by atoms with van der Waals surface area (Å²) in [5, 5.41) is 3.00. The summed E-state index contributed by atoms with van der Waals surface area (Å²) in [6.07, 6.45) is 4.30. The van der Waals surface area contributed by atoms with E-state index in [1.165, 1.54) is 0 Å². The van der Waals surface area contributed by atoms with Crippen molar-refractivity contribution in [1.29, 1.82) is 0 Å². The van der Waals surface area contributed by atoms with Crippen LogP contribution in [0.15, 0.2) is 36.7 Å². The first-order chi connectivity index (χ1) is 11.7. The fraction of sp³-hybridized carbons (Fsp3) is 0.294. The smallest absolute Gasteiger partial charge is 0.241 e. The van der Waals surface area contributed by atoms with Crippen LogP contribution in [-0.2, 0) is 21.4 Å². The predicted octanol–water partition coefficient (Wildman–Crippen LogP) is 2.43. The zero-order chi connectivity index (χ0) is 18.6. The van der Waals surface area contributed by atoms with Crippen LogP contribution in [0.1, 0.15) is 16.7 Å². The first-order valence-corrected chi connectivity index (χ1v) is 9.81. The second kappa shape index (κ2) is 7.84. The molecule has 0 saturated carbocycles. The van der Waals surface area contributed by atoms with Crippen molar-refractivity contribution in [2.24, 2.45) is 0 Å². The van der Waals surface area contributed by atoms with Gasteiger partial charge >= 0.3 is 0 Å².